The lowest BCUT2D eigenvalue weighted by molar-refractivity contribution is 0.0951. The van der Waals surface area contributed by atoms with Crippen molar-refractivity contribution in [1.82, 2.24) is 10.4 Å². The number of hydrazine groups is 1. The summed E-state index contributed by atoms with van der Waals surface area (Å²) in [4.78, 5) is 16.8. The standard InChI is InChI=1S/C19H19N3O2S/c1-14-20-16(13-25-14)12-24-18-10-6-7-15(11-18)19(23)21-22(2)17-8-4-3-5-9-17/h3-11,13H,12H2,1-2H3,(H,21,23). The van der Waals surface area contributed by atoms with Gasteiger partial charge in [0.1, 0.15) is 12.4 Å². The zero-order chi connectivity index (χ0) is 17.6. The highest BCUT2D eigenvalue weighted by atomic mass is 32.1. The van der Waals surface area contributed by atoms with E-state index in [0.717, 1.165) is 16.4 Å². The zero-order valence-electron chi connectivity index (χ0n) is 14.1. The topological polar surface area (TPSA) is 54.5 Å². The van der Waals surface area contributed by atoms with Gasteiger partial charge in [0.25, 0.3) is 5.91 Å². The van der Waals surface area contributed by atoms with Crippen LogP contribution in [0.3, 0.4) is 0 Å². The van der Waals surface area contributed by atoms with Gasteiger partial charge < -0.3 is 4.74 Å². The van der Waals surface area contributed by atoms with E-state index in [1.165, 1.54) is 0 Å². The van der Waals surface area contributed by atoms with Crippen LogP contribution in [0.1, 0.15) is 21.1 Å². The first-order chi connectivity index (χ1) is 12.1. The number of amides is 1. The van der Waals surface area contributed by atoms with Crippen LogP contribution >= 0.6 is 11.3 Å². The van der Waals surface area contributed by atoms with Crippen LogP contribution < -0.4 is 15.2 Å². The van der Waals surface area contributed by atoms with Crippen molar-refractivity contribution in [2.24, 2.45) is 0 Å². The average Bonchev–Trinajstić information content (AvgIpc) is 3.06. The van der Waals surface area contributed by atoms with Crippen LogP contribution in [0, 0.1) is 6.92 Å². The molecule has 0 saturated heterocycles. The van der Waals surface area contributed by atoms with E-state index in [9.17, 15) is 4.79 Å². The van der Waals surface area contributed by atoms with Gasteiger partial charge >= 0.3 is 0 Å². The number of rotatable bonds is 6. The molecule has 2 aromatic carbocycles. The lowest BCUT2D eigenvalue weighted by Crippen LogP contribution is -2.39. The Bertz CT molecular complexity index is 849. The number of ether oxygens (including phenoxy) is 1. The molecule has 0 aliphatic rings. The number of carbonyl (C=O) groups excluding carboxylic acids is 1. The van der Waals surface area contributed by atoms with Gasteiger partial charge in [0.15, 0.2) is 0 Å². The summed E-state index contributed by atoms with van der Waals surface area (Å²) in [6.07, 6.45) is 0. The smallest absolute Gasteiger partial charge is 0.269 e. The molecular formula is C19H19N3O2S. The minimum Gasteiger partial charge on any atom is -0.487 e. The van der Waals surface area contributed by atoms with E-state index in [1.54, 1.807) is 41.6 Å². The van der Waals surface area contributed by atoms with Gasteiger partial charge in [-0.1, -0.05) is 24.3 Å². The molecule has 0 bridgehead atoms. The van der Waals surface area contributed by atoms with Gasteiger partial charge in [-0.15, -0.1) is 11.3 Å². The third-order valence-corrected chi connectivity index (χ3v) is 4.38. The molecule has 0 radical (unpaired) electrons. The molecule has 0 spiro atoms. The Hall–Kier alpha value is -2.86. The third kappa shape index (κ3) is 4.58. The van der Waals surface area contributed by atoms with Crippen molar-refractivity contribution >= 4 is 22.9 Å². The Morgan fingerprint density at radius 3 is 2.72 bits per heavy atom. The molecule has 1 heterocycles. The SMILES string of the molecule is Cc1nc(COc2cccc(C(=O)NN(C)c3ccccc3)c2)cs1. The van der Waals surface area contributed by atoms with E-state index in [1.807, 2.05) is 48.7 Å². The predicted molar refractivity (Wildman–Crippen MR) is 99.9 cm³/mol. The Balaban J connectivity index is 1.63. The van der Waals surface area contributed by atoms with E-state index >= 15 is 0 Å². The van der Waals surface area contributed by atoms with Crippen molar-refractivity contribution in [3.8, 4) is 5.75 Å². The first kappa shape index (κ1) is 17.0. The van der Waals surface area contributed by atoms with Gasteiger partial charge in [-0.3, -0.25) is 15.2 Å². The van der Waals surface area contributed by atoms with Crippen molar-refractivity contribution in [2.75, 3.05) is 12.1 Å². The van der Waals surface area contributed by atoms with Crippen LogP contribution in [0.15, 0.2) is 60.0 Å². The van der Waals surface area contributed by atoms with Crippen LogP contribution in [0.5, 0.6) is 5.75 Å². The Kier molecular flexibility index (Phi) is 5.30. The number of nitrogens with one attached hydrogen (secondary N) is 1. The third-order valence-electron chi connectivity index (χ3n) is 3.56. The van der Waals surface area contributed by atoms with Crippen molar-refractivity contribution in [2.45, 2.75) is 13.5 Å². The van der Waals surface area contributed by atoms with Gasteiger partial charge in [-0.25, -0.2) is 4.98 Å². The fourth-order valence-corrected chi connectivity index (χ4v) is 2.89. The molecule has 0 aliphatic heterocycles. The number of aromatic nitrogens is 1. The number of para-hydroxylation sites is 1. The molecule has 0 unspecified atom stereocenters. The number of aryl methyl sites for hydroxylation is 1. The van der Waals surface area contributed by atoms with Crippen LogP contribution in [0.4, 0.5) is 5.69 Å². The minimum atomic E-state index is -0.193. The van der Waals surface area contributed by atoms with Gasteiger partial charge in [0, 0.05) is 18.0 Å². The molecule has 6 heteroatoms. The second kappa shape index (κ2) is 7.81. The summed E-state index contributed by atoms with van der Waals surface area (Å²) in [6.45, 7) is 2.35. The summed E-state index contributed by atoms with van der Waals surface area (Å²) in [7, 11) is 1.80. The van der Waals surface area contributed by atoms with E-state index in [2.05, 4.69) is 10.4 Å². The highest BCUT2D eigenvalue weighted by molar-refractivity contribution is 7.09. The van der Waals surface area contributed by atoms with E-state index < -0.39 is 0 Å². The molecule has 5 nitrogen and oxygen atoms in total. The Labute approximate surface area is 150 Å². The molecule has 3 rings (SSSR count). The normalized spacial score (nSPS) is 10.3. The number of anilines is 1. The van der Waals surface area contributed by atoms with Crippen molar-refractivity contribution in [3.05, 3.63) is 76.2 Å². The number of hydrogen-bond donors (Lipinski definition) is 1. The zero-order valence-corrected chi connectivity index (χ0v) is 14.9. The second-order valence-electron chi connectivity index (χ2n) is 5.51. The van der Waals surface area contributed by atoms with Crippen molar-refractivity contribution in [3.63, 3.8) is 0 Å². The maximum absolute atomic E-state index is 12.4. The fourth-order valence-electron chi connectivity index (χ4n) is 2.29. The van der Waals surface area contributed by atoms with Crippen LogP contribution in [0.2, 0.25) is 0 Å². The predicted octanol–water partition coefficient (Wildman–Crippen LogP) is 3.81. The molecule has 25 heavy (non-hydrogen) atoms. The summed E-state index contributed by atoms with van der Waals surface area (Å²) >= 11 is 1.59. The highest BCUT2D eigenvalue weighted by Gasteiger charge is 2.10. The molecule has 1 amide bonds. The quantitative estimate of drug-likeness (QED) is 0.685. The summed E-state index contributed by atoms with van der Waals surface area (Å²) in [5.41, 5.74) is 5.18. The molecule has 3 aromatic rings. The monoisotopic (exact) mass is 353 g/mol. The summed E-state index contributed by atoms with van der Waals surface area (Å²) < 4.78 is 5.74. The van der Waals surface area contributed by atoms with Gasteiger partial charge in [0.2, 0.25) is 0 Å². The molecule has 0 saturated carbocycles. The maximum atomic E-state index is 12.4. The van der Waals surface area contributed by atoms with E-state index in [-0.39, 0.29) is 5.91 Å². The number of nitrogens with zero attached hydrogens (tertiary/aromatic N) is 2. The number of thiazole rings is 1. The lowest BCUT2D eigenvalue weighted by Gasteiger charge is -2.20. The minimum absolute atomic E-state index is 0.193. The fraction of sp³-hybridized carbons (Fsp3) is 0.158. The van der Waals surface area contributed by atoms with Crippen molar-refractivity contribution in [1.29, 1.82) is 0 Å². The lowest BCUT2D eigenvalue weighted by atomic mass is 10.2. The molecule has 1 N–H and O–H groups in total. The largest absolute Gasteiger partial charge is 0.487 e. The van der Waals surface area contributed by atoms with Gasteiger partial charge in [-0.2, -0.15) is 0 Å². The summed E-state index contributed by atoms with van der Waals surface area (Å²) in [5, 5.41) is 4.67. The van der Waals surface area contributed by atoms with Gasteiger partial charge in [0.05, 0.1) is 16.4 Å². The van der Waals surface area contributed by atoms with Crippen molar-refractivity contribution < 1.29 is 9.53 Å². The maximum Gasteiger partial charge on any atom is 0.269 e. The molecule has 1 aromatic heterocycles. The molecular weight excluding hydrogens is 334 g/mol. The number of hydrogen-bond acceptors (Lipinski definition) is 5. The summed E-state index contributed by atoms with van der Waals surface area (Å²) in [5.74, 6) is 0.446. The first-order valence-corrected chi connectivity index (χ1v) is 8.73. The first-order valence-electron chi connectivity index (χ1n) is 7.85. The molecule has 128 valence electrons. The second-order valence-corrected chi connectivity index (χ2v) is 6.57. The van der Waals surface area contributed by atoms with E-state index in [4.69, 9.17) is 4.74 Å². The van der Waals surface area contributed by atoms with E-state index in [0.29, 0.717) is 17.9 Å². The Morgan fingerprint density at radius 2 is 2.00 bits per heavy atom. The average molecular weight is 353 g/mol. The molecule has 0 aliphatic carbocycles. The highest BCUT2D eigenvalue weighted by Crippen LogP contribution is 2.17. The van der Waals surface area contributed by atoms with Gasteiger partial charge in [-0.05, 0) is 37.3 Å². The van der Waals surface area contributed by atoms with Crippen LogP contribution in [-0.4, -0.2) is 17.9 Å². The molecule has 0 fully saturated rings. The Morgan fingerprint density at radius 1 is 1.20 bits per heavy atom. The molecule has 0 atom stereocenters. The number of carbonyl (C=O) groups is 1. The summed E-state index contributed by atoms with van der Waals surface area (Å²) in [6, 6.07) is 16.8. The van der Waals surface area contributed by atoms with Crippen LogP contribution in [-0.2, 0) is 6.61 Å². The number of benzene rings is 2. The van der Waals surface area contributed by atoms with Crippen LogP contribution in [0.25, 0.3) is 0 Å².